The quantitative estimate of drug-likeness (QED) is 0.488. The number of nitrogens with one attached hydrogen (secondary N) is 1. The van der Waals surface area contributed by atoms with Gasteiger partial charge >= 0.3 is 0 Å². The molecule has 5 nitrogen and oxygen atoms in total. The lowest BCUT2D eigenvalue weighted by atomic mass is 10.1. The Kier molecular flexibility index (Phi) is 9.22. The van der Waals surface area contributed by atoms with Crippen LogP contribution < -0.4 is 4.65 Å². The van der Waals surface area contributed by atoms with E-state index in [1.54, 1.807) is 14.2 Å². The molecular weight excluding hydrogens is 398 g/mol. The fraction of sp³-hybridized carbons (Fsp3) is 0.455. The summed E-state index contributed by atoms with van der Waals surface area (Å²) in [4.78, 5) is 0. The van der Waals surface area contributed by atoms with Crippen LogP contribution in [0, 0.1) is 0 Å². The lowest BCUT2D eigenvalue weighted by molar-refractivity contribution is 0.0504. The Morgan fingerprint density at radius 3 is 1.31 bits per heavy atom. The zero-order valence-corrected chi connectivity index (χ0v) is 20.5. The Hall–Kier alpha value is -1.33. The van der Waals surface area contributed by atoms with E-state index in [1.807, 2.05) is 36.4 Å². The van der Waals surface area contributed by atoms with E-state index in [4.69, 9.17) is 18.3 Å². The average Bonchev–Trinajstić information content (AvgIpc) is 2.69. The zero-order valence-electron chi connectivity index (χ0n) is 18.5. The maximum atomic E-state index is 6.32. The van der Waals surface area contributed by atoms with Crippen molar-refractivity contribution in [2.24, 2.45) is 0 Å². The second kappa shape index (κ2) is 11.2. The Labute approximate surface area is 177 Å². The zero-order chi connectivity index (χ0) is 21.3. The lowest BCUT2D eigenvalue weighted by Gasteiger charge is -2.35. The van der Waals surface area contributed by atoms with Crippen molar-refractivity contribution >= 4 is 17.0 Å². The minimum Gasteiger partial charge on any atom is -0.401 e. The predicted molar refractivity (Wildman–Crippen MR) is 122 cm³/mol. The van der Waals surface area contributed by atoms with Crippen molar-refractivity contribution in [3.8, 4) is 0 Å². The molecule has 160 valence electrons. The first-order valence-electron chi connectivity index (χ1n) is 9.99. The van der Waals surface area contributed by atoms with Crippen LogP contribution in [0.2, 0.25) is 26.2 Å². The smallest absolute Gasteiger partial charge is 0.257 e. The Balaban J connectivity index is 1.89. The van der Waals surface area contributed by atoms with Crippen LogP contribution in [0.3, 0.4) is 0 Å². The van der Waals surface area contributed by atoms with E-state index in [-0.39, 0.29) is 12.2 Å². The van der Waals surface area contributed by atoms with Crippen LogP contribution in [0.4, 0.5) is 0 Å². The first-order valence-corrected chi connectivity index (χ1v) is 15.8. The summed E-state index contributed by atoms with van der Waals surface area (Å²) in [5, 5.41) is 0. The maximum absolute atomic E-state index is 6.32. The number of benzene rings is 2. The number of hydrogen-bond acceptors (Lipinski definition) is 5. The summed E-state index contributed by atoms with van der Waals surface area (Å²) >= 11 is 0. The average molecular weight is 434 g/mol. The van der Waals surface area contributed by atoms with Gasteiger partial charge in [0.2, 0.25) is 0 Å². The van der Waals surface area contributed by atoms with Crippen LogP contribution in [0.15, 0.2) is 60.7 Å². The molecule has 2 aromatic rings. The van der Waals surface area contributed by atoms with Gasteiger partial charge in [0, 0.05) is 14.2 Å². The van der Waals surface area contributed by atoms with Gasteiger partial charge in [-0.1, -0.05) is 60.7 Å². The van der Waals surface area contributed by atoms with E-state index in [0.29, 0.717) is 13.2 Å². The molecule has 29 heavy (non-hydrogen) atoms. The van der Waals surface area contributed by atoms with Crippen LogP contribution in [0.25, 0.3) is 0 Å². The third-order valence-corrected chi connectivity index (χ3v) is 11.3. The van der Waals surface area contributed by atoms with Gasteiger partial charge in [-0.15, -0.1) is 0 Å². The second-order valence-corrected chi connectivity index (χ2v) is 15.7. The number of rotatable bonds is 12. The summed E-state index contributed by atoms with van der Waals surface area (Å²) in [5.74, 6) is 0. The van der Waals surface area contributed by atoms with Crippen LogP contribution in [-0.2, 0) is 18.3 Å². The molecule has 0 aliphatic rings. The first kappa shape index (κ1) is 23.9. The van der Waals surface area contributed by atoms with Gasteiger partial charge in [-0.05, 0) is 37.3 Å². The molecule has 0 aliphatic heterocycles. The minimum atomic E-state index is -2.15. The summed E-state index contributed by atoms with van der Waals surface area (Å²) in [6.07, 6.45) is -0.155. The summed E-state index contributed by atoms with van der Waals surface area (Å²) in [7, 11) is -0.849. The molecule has 2 rings (SSSR count). The van der Waals surface area contributed by atoms with Crippen LogP contribution in [0.5, 0.6) is 0 Å². The number of ether oxygens (including phenoxy) is 2. The molecule has 0 amide bonds. The molecule has 0 aromatic heterocycles. The molecule has 0 saturated heterocycles. The molecular formula is C22H35NO4Si2. The molecule has 0 heterocycles. The Bertz CT molecular complexity index is 652. The van der Waals surface area contributed by atoms with E-state index < -0.39 is 17.0 Å². The van der Waals surface area contributed by atoms with Crippen LogP contribution >= 0.6 is 0 Å². The molecule has 2 unspecified atom stereocenters. The van der Waals surface area contributed by atoms with Gasteiger partial charge in [0.05, 0.1) is 13.2 Å². The minimum absolute atomic E-state index is 0.0774. The molecule has 2 aromatic carbocycles. The van der Waals surface area contributed by atoms with Crippen molar-refractivity contribution in [1.29, 1.82) is 0 Å². The fourth-order valence-corrected chi connectivity index (χ4v) is 10.8. The van der Waals surface area contributed by atoms with Crippen molar-refractivity contribution < 1.29 is 18.3 Å². The van der Waals surface area contributed by atoms with Crippen molar-refractivity contribution in [1.82, 2.24) is 4.65 Å². The van der Waals surface area contributed by atoms with Gasteiger partial charge in [-0.25, -0.2) is 0 Å². The topological polar surface area (TPSA) is 49.0 Å². The van der Waals surface area contributed by atoms with Crippen molar-refractivity contribution in [2.45, 2.75) is 38.4 Å². The van der Waals surface area contributed by atoms with E-state index in [2.05, 4.69) is 55.1 Å². The molecule has 1 N–H and O–H groups in total. The van der Waals surface area contributed by atoms with Crippen molar-refractivity contribution in [3.05, 3.63) is 71.8 Å². The molecule has 0 spiro atoms. The monoisotopic (exact) mass is 433 g/mol. The van der Waals surface area contributed by atoms with Gasteiger partial charge < -0.3 is 23.0 Å². The fourth-order valence-electron chi connectivity index (χ4n) is 3.30. The van der Waals surface area contributed by atoms with Gasteiger partial charge in [0.15, 0.2) is 0 Å². The molecule has 0 aliphatic carbocycles. The SMILES string of the molecule is COC(CO[Si](C)(C)N[Si](C)(C)OCC(OC)c1ccccc1)c1ccccc1. The normalized spacial score (nSPS) is 14.6. The van der Waals surface area contributed by atoms with Crippen molar-refractivity contribution in [2.75, 3.05) is 27.4 Å². The maximum Gasteiger partial charge on any atom is 0.257 e. The molecule has 0 fully saturated rings. The molecule has 0 bridgehead atoms. The highest BCUT2D eigenvalue weighted by Crippen LogP contribution is 2.21. The van der Waals surface area contributed by atoms with Gasteiger partial charge in [0.25, 0.3) is 17.0 Å². The standard InChI is InChI=1S/C22H35NO4Si2/c1-24-21(19-13-9-7-10-14-19)17-26-28(3,4)23-29(5,6)27-18-22(25-2)20-15-11-8-12-16-20/h7-16,21-23H,17-18H2,1-6H3. The van der Waals surface area contributed by atoms with Gasteiger partial charge in [0.1, 0.15) is 12.2 Å². The molecule has 0 radical (unpaired) electrons. The van der Waals surface area contributed by atoms with Crippen LogP contribution in [0.1, 0.15) is 23.3 Å². The first-order chi connectivity index (χ1) is 13.8. The van der Waals surface area contributed by atoms with Gasteiger partial charge in [-0.3, -0.25) is 0 Å². The van der Waals surface area contributed by atoms with Gasteiger partial charge in [-0.2, -0.15) is 0 Å². The third kappa shape index (κ3) is 8.14. The highest BCUT2D eigenvalue weighted by molar-refractivity contribution is 6.85. The summed E-state index contributed by atoms with van der Waals surface area (Å²) < 4.78 is 27.6. The van der Waals surface area contributed by atoms with E-state index >= 15 is 0 Å². The molecule has 0 saturated carbocycles. The van der Waals surface area contributed by atoms with E-state index in [0.717, 1.165) is 11.1 Å². The third-order valence-electron chi connectivity index (χ3n) is 4.70. The lowest BCUT2D eigenvalue weighted by Crippen LogP contribution is -2.62. The highest BCUT2D eigenvalue weighted by atomic mass is 28.4. The largest absolute Gasteiger partial charge is 0.401 e. The Morgan fingerprint density at radius 1 is 0.655 bits per heavy atom. The molecule has 2 atom stereocenters. The van der Waals surface area contributed by atoms with Crippen LogP contribution in [-0.4, -0.2) is 44.4 Å². The Morgan fingerprint density at radius 2 is 1.00 bits per heavy atom. The molecule has 7 heteroatoms. The predicted octanol–water partition coefficient (Wildman–Crippen LogP) is 4.79. The summed E-state index contributed by atoms with van der Waals surface area (Å²) in [6.45, 7) is 9.67. The van der Waals surface area contributed by atoms with E-state index in [1.165, 1.54) is 0 Å². The van der Waals surface area contributed by atoms with Crippen molar-refractivity contribution in [3.63, 3.8) is 0 Å². The number of hydrogen-bond donors (Lipinski definition) is 1. The highest BCUT2D eigenvalue weighted by Gasteiger charge is 2.35. The summed E-state index contributed by atoms with van der Waals surface area (Å²) in [6, 6.07) is 20.3. The second-order valence-electron chi connectivity index (χ2n) is 8.04. The number of methoxy groups -OCH3 is 2. The summed E-state index contributed by atoms with van der Waals surface area (Å²) in [5.41, 5.74) is 2.25. The van der Waals surface area contributed by atoms with E-state index in [9.17, 15) is 0 Å².